The van der Waals surface area contributed by atoms with Gasteiger partial charge in [-0.05, 0) is 25.7 Å². The molecule has 1 N–H and O–H groups in total. The van der Waals surface area contributed by atoms with E-state index in [0.29, 0.717) is 13.1 Å². The molecule has 9 heteroatoms. The van der Waals surface area contributed by atoms with Gasteiger partial charge in [0.15, 0.2) is 0 Å². The topological polar surface area (TPSA) is 91.7 Å². The molecule has 19 heavy (non-hydrogen) atoms. The highest BCUT2D eigenvalue weighted by Gasteiger charge is 2.16. The monoisotopic (exact) mass is 289 g/mol. The highest BCUT2D eigenvalue weighted by molar-refractivity contribution is 6.28. The van der Waals surface area contributed by atoms with Crippen molar-refractivity contribution in [2.24, 2.45) is 0 Å². The van der Waals surface area contributed by atoms with E-state index in [1.807, 2.05) is 19.0 Å². The molecule has 0 atom stereocenters. The van der Waals surface area contributed by atoms with Crippen molar-refractivity contribution in [3.8, 4) is 6.01 Å². The first-order valence-corrected chi connectivity index (χ1v) is 5.87. The Kier molecular flexibility index (Phi) is 5.71. The van der Waals surface area contributed by atoms with Gasteiger partial charge >= 0.3 is 12.0 Å². The van der Waals surface area contributed by atoms with Crippen LogP contribution in [0.5, 0.6) is 6.01 Å². The summed E-state index contributed by atoms with van der Waals surface area (Å²) < 4.78 is 4.89. The Morgan fingerprint density at radius 3 is 2.53 bits per heavy atom. The molecule has 0 aromatic carbocycles. The molecule has 0 fully saturated rings. The maximum atomic E-state index is 10.9. The van der Waals surface area contributed by atoms with Crippen LogP contribution in [0.2, 0.25) is 5.28 Å². The molecule has 0 radical (unpaired) electrons. The van der Waals surface area contributed by atoms with Gasteiger partial charge in [-0.1, -0.05) is 0 Å². The number of carbonyl (C=O) groups is 1. The van der Waals surface area contributed by atoms with E-state index in [1.165, 1.54) is 12.0 Å². The number of anilines is 1. The lowest BCUT2D eigenvalue weighted by Gasteiger charge is -2.22. The first-order chi connectivity index (χ1) is 8.92. The van der Waals surface area contributed by atoms with Gasteiger partial charge in [0.2, 0.25) is 11.2 Å². The molecule has 0 bridgehead atoms. The quantitative estimate of drug-likeness (QED) is 0.749. The summed E-state index contributed by atoms with van der Waals surface area (Å²) in [4.78, 5) is 26.0. The zero-order chi connectivity index (χ0) is 14.4. The molecule has 0 aliphatic carbocycles. The number of likely N-dealkylation sites (N-methyl/N-ethyl adjacent to an activating group) is 1. The zero-order valence-electron chi connectivity index (χ0n) is 11.0. The zero-order valence-corrected chi connectivity index (χ0v) is 11.8. The van der Waals surface area contributed by atoms with Crippen molar-refractivity contribution in [1.29, 1.82) is 0 Å². The van der Waals surface area contributed by atoms with Crippen molar-refractivity contribution in [1.82, 2.24) is 19.9 Å². The van der Waals surface area contributed by atoms with Gasteiger partial charge in [0, 0.05) is 13.1 Å². The second kappa shape index (κ2) is 7.05. The van der Waals surface area contributed by atoms with E-state index in [-0.39, 0.29) is 23.8 Å². The summed E-state index contributed by atoms with van der Waals surface area (Å²) >= 11 is 5.75. The number of aliphatic carboxylic acids is 1. The summed E-state index contributed by atoms with van der Waals surface area (Å²) in [6, 6.07) is 0.0511. The van der Waals surface area contributed by atoms with E-state index >= 15 is 0 Å². The third-order valence-corrected chi connectivity index (χ3v) is 2.35. The predicted octanol–water partition coefficient (Wildman–Crippen LogP) is -0.0138. The lowest BCUT2D eigenvalue weighted by atomic mass is 10.4. The third-order valence-electron chi connectivity index (χ3n) is 2.18. The minimum Gasteiger partial charge on any atom is -0.480 e. The van der Waals surface area contributed by atoms with E-state index in [4.69, 9.17) is 21.4 Å². The third kappa shape index (κ3) is 5.23. The number of carboxylic acid groups (broad SMARTS) is 1. The largest absolute Gasteiger partial charge is 0.480 e. The summed E-state index contributed by atoms with van der Waals surface area (Å²) in [6.45, 7) is 0.874. The molecular weight excluding hydrogens is 274 g/mol. The fourth-order valence-corrected chi connectivity index (χ4v) is 1.44. The van der Waals surface area contributed by atoms with Crippen molar-refractivity contribution in [2.75, 3.05) is 45.7 Å². The fraction of sp³-hybridized carbons (Fsp3) is 0.600. The molecule has 0 aliphatic heterocycles. The number of rotatable bonds is 7. The van der Waals surface area contributed by atoms with Crippen LogP contribution in [0, 0.1) is 0 Å². The molecular formula is C10H16ClN5O3. The summed E-state index contributed by atoms with van der Waals surface area (Å²) in [6.07, 6.45) is 0. The number of methoxy groups -OCH3 is 1. The van der Waals surface area contributed by atoms with Crippen molar-refractivity contribution in [2.45, 2.75) is 0 Å². The SMILES string of the molecule is COc1nc(Cl)nc(N(CCN(C)C)CC(=O)O)n1. The normalized spacial score (nSPS) is 10.6. The summed E-state index contributed by atoms with van der Waals surface area (Å²) in [5.41, 5.74) is 0. The van der Waals surface area contributed by atoms with Gasteiger partial charge in [-0.2, -0.15) is 15.0 Å². The van der Waals surface area contributed by atoms with Gasteiger partial charge in [0.25, 0.3) is 0 Å². The van der Waals surface area contributed by atoms with E-state index in [0.717, 1.165) is 0 Å². The Balaban J connectivity index is 2.94. The Bertz CT molecular complexity index is 443. The first kappa shape index (κ1) is 15.4. The Morgan fingerprint density at radius 1 is 1.32 bits per heavy atom. The van der Waals surface area contributed by atoms with E-state index < -0.39 is 5.97 Å². The smallest absolute Gasteiger partial charge is 0.323 e. The molecule has 1 heterocycles. The average molecular weight is 290 g/mol. The predicted molar refractivity (Wildman–Crippen MR) is 69.8 cm³/mol. The number of nitrogens with zero attached hydrogens (tertiary/aromatic N) is 5. The standard InChI is InChI=1S/C10H16ClN5O3/c1-15(2)4-5-16(6-7(17)18)9-12-8(11)13-10(14-9)19-3/h4-6H2,1-3H3,(H,17,18). The van der Waals surface area contributed by atoms with Gasteiger partial charge in [-0.3, -0.25) is 4.79 Å². The molecule has 1 aromatic rings. The van der Waals surface area contributed by atoms with Crippen molar-refractivity contribution < 1.29 is 14.6 Å². The Labute approximate surface area is 116 Å². The van der Waals surface area contributed by atoms with Crippen LogP contribution >= 0.6 is 11.6 Å². The van der Waals surface area contributed by atoms with Crippen molar-refractivity contribution in [3.05, 3.63) is 5.28 Å². The molecule has 0 aliphatic rings. The highest BCUT2D eigenvalue weighted by atomic mass is 35.5. The van der Waals surface area contributed by atoms with Gasteiger partial charge < -0.3 is 19.6 Å². The van der Waals surface area contributed by atoms with Crippen LogP contribution in [0.4, 0.5) is 5.95 Å². The number of aromatic nitrogens is 3. The molecule has 1 rings (SSSR count). The number of ether oxygens (including phenoxy) is 1. The molecule has 0 amide bonds. The minimum atomic E-state index is -0.978. The maximum absolute atomic E-state index is 10.9. The van der Waals surface area contributed by atoms with E-state index in [1.54, 1.807) is 0 Å². The lowest BCUT2D eigenvalue weighted by Crippen LogP contribution is -2.36. The summed E-state index contributed by atoms with van der Waals surface area (Å²) in [7, 11) is 5.18. The molecule has 8 nitrogen and oxygen atoms in total. The van der Waals surface area contributed by atoms with Crippen LogP contribution in [0.15, 0.2) is 0 Å². The lowest BCUT2D eigenvalue weighted by molar-refractivity contribution is -0.135. The fourth-order valence-electron chi connectivity index (χ4n) is 1.29. The van der Waals surface area contributed by atoms with Crippen molar-refractivity contribution >= 4 is 23.5 Å². The van der Waals surface area contributed by atoms with E-state index in [9.17, 15) is 4.79 Å². The average Bonchev–Trinajstić information content (AvgIpc) is 2.32. The van der Waals surface area contributed by atoms with Gasteiger partial charge in [0.05, 0.1) is 7.11 Å². The number of hydrogen-bond acceptors (Lipinski definition) is 7. The van der Waals surface area contributed by atoms with Crippen LogP contribution in [0.3, 0.4) is 0 Å². The molecule has 1 aromatic heterocycles. The molecule has 0 unspecified atom stereocenters. The van der Waals surface area contributed by atoms with Crippen molar-refractivity contribution in [3.63, 3.8) is 0 Å². The first-order valence-electron chi connectivity index (χ1n) is 5.49. The maximum Gasteiger partial charge on any atom is 0.323 e. The van der Waals surface area contributed by atoms with Crippen LogP contribution in [0.25, 0.3) is 0 Å². The number of carboxylic acids is 1. The molecule has 0 spiro atoms. The van der Waals surface area contributed by atoms with Crippen LogP contribution in [-0.2, 0) is 4.79 Å². The van der Waals surface area contributed by atoms with E-state index in [2.05, 4.69) is 15.0 Å². The van der Waals surface area contributed by atoms with Gasteiger partial charge in [-0.15, -0.1) is 0 Å². The van der Waals surface area contributed by atoms with Crippen LogP contribution in [-0.4, -0.2) is 71.8 Å². The number of hydrogen-bond donors (Lipinski definition) is 1. The van der Waals surface area contributed by atoms with Crippen LogP contribution in [0.1, 0.15) is 0 Å². The molecule has 0 saturated heterocycles. The van der Waals surface area contributed by atoms with Gasteiger partial charge in [0.1, 0.15) is 6.54 Å². The minimum absolute atomic E-state index is 0.0397. The number of halogens is 1. The second-order valence-electron chi connectivity index (χ2n) is 4.01. The van der Waals surface area contributed by atoms with Gasteiger partial charge in [-0.25, -0.2) is 0 Å². The van der Waals surface area contributed by atoms with Crippen LogP contribution < -0.4 is 9.64 Å². The molecule has 0 saturated carbocycles. The summed E-state index contributed by atoms with van der Waals surface area (Å²) in [5.74, 6) is -0.796. The highest BCUT2D eigenvalue weighted by Crippen LogP contribution is 2.14. The molecule has 106 valence electrons. The second-order valence-corrected chi connectivity index (χ2v) is 4.35. The summed E-state index contributed by atoms with van der Waals surface area (Å²) in [5, 5.41) is 8.88. The Hall–Kier alpha value is -1.67. The Morgan fingerprint density at radius 2 is 2.00 bits per heavy atom.